The molecule has 1 atom stereocenters. The van der Waals surface area contributed by atoms with Crippen LogP contribution in [0.3, 0.4) is 0 Å². The number of nitrogens with zero attached hydrogens (tertiary/aromatic N) is 1. The van der Waals surface area contributed by atoms with Gasteiger partial charge in [-0.15, -0.1) is 0 Å². The van der Waals surface area contributed by atoms with Crippen LogP contribution >= 0.6 is 0 Å². The number of carbonyl (C=O) groups excluding carboxylic acids is 1. The van der Waals surface area contributed by atoms with Gasteiger partial charge in [0.05, 0.1) is 18.0 Å². The van der Waals surface area contributed by atoms with E-state index in [2.05, 4.69) is 10.0 Å². The van der Waals surface area contributed by atoms with Crippen molar-refractivity contribution in [3.63, 3.8) is 0 Å². The Hall–Kier alpha value is -3.43. The van der Waals surface area contributed by atoms with Crippen LogP contribution in [0.2, 0.25) is 0 Å². The third-order valence-corrected chi connectivity index (χ3v) is 6.46. The summed E-state index contributed by atoms with van der Waals surface area (Å²) in [6, 6.07) is 18.2. The summed E-state index contributed by atoms with van der Waals surface area (Å²) < 4.78 is 46.1. The summed E-state index contributed by atoms with van der Waals surface area (Å²) in [5, 5.41) is 2.87. The first-order chi connectivity index (χ1) is 15.7. The highest BCUT2D eigenvalue weighted by molar-refractivity contribution is 7.92. The van der Waals surface area contributed by atoms with Crippen LogP contribution < -0.4 is 14.8 Å². The van der Waals surface area contributed by atoms with Crippen molar-refractivity contribution in [3.8, 4) is 5.75 Å². The lowest BCUT2D eigenvalue weighted by atomic mass is 10.1. The summed E-state index contributed by atoms with van der Waals surface area (Å²) in [4.78, 5) is 14.7. The monoisotopic (exact) mass is 471 g/mol. The van der Waals surface area contributed by atoms with Crippen LogP contribution in [0.15, 0.2) is 77.7 Å². The van der Waals surface area contributed by atoms with E-state index in [1.165, 1.54) is 30.3 Å². The highest BCUT2D eigenvalue weighted by atomic mass is 32.2. The van der Waals surface area contributed by atoms with E-state index < -0.39 is 21.7 Å². The van der Waals surface area contributed by atoms with Crippen molar-refractivity contribution < 1.29 is 22.3 Å². The molecular weight excluding hydrogens is 445 g/mol. The van der Waals surface area contributed by atoms with E-state index in [0.717, 1.165) is 23.4 Å². The number of ether oxygens (including phenoxy) is 1. The minimum atomic E-state index is -3.95. The minimum Gasteiger partial charge on any atom is -0.497 e. The zero-order chi connectivity index (χ0) is 24.0. The Morgan fingerprint density at radius 3 is 2.30 bits per heavy atom. The predicted molar refractivity (Wildman–Crippen MR) is 125 cm³/mol. The van der Waals surface area contributed by atoms with E-state index in [9.17, 15) is 17.6 Å². The van der Waals surface area contributed by atoms with Gasteiger partial charge < -0.3 is 15.0 Å². The lowest BCUT2D eigenvalue weighted by Crippen LogP contribution is -2.34. The number of nitrogens with one attached hydrogen (secondary N) is 2. The van der Waals surface area contributed by atoms with Crippen molar-refractivity contribution in [2.75, 3.05) is 32.5 Å². The third kappa shape index (κ3) is 6.30. The Morgan fingerprint density at radius 1 is 1.03 bits per heavy atom. The molecule has 3 aromatic rings. The van der Waals surface area contributed by atoms with Gasteiger partial charge in [0.1, 0.15) is 11.6 Å². The number of methoxy groups -OCH3 is 1. The van der Waals surface area contributed by atoms with E-state index in [1.807, 2.05) is 43.3 Å². The number of carbonyl (C=O) groups is 1. The van der Waals surface area contributed by atoms with E-state index >= 15 is 0 Å². The number of hydrogen-bond acceptors (Lipinski definition) is 5. The number of rotatable bonds is 9. The van der Waals surface area contributed by atoms with Gasteiger partial charge in [-0.2, -0.15) is 0 Å². The fraction of sp³-hybridized carbons (Fsp3) is 0.208. The molecule has 3 aromatic carbocycles. The Balaban J connectivity index is 1.72. The van der Waals surface area contributed by atoms with Gasteiger partial charge in [-0.3, -0.25) is 9.52 Å². The molecule has 7 nitrogen and oxygen atoms in total. The average Bonchev–Trinajstić information content (AvgIpc) is 2.80. The normalized spacial score (nSPS) is 12.3. The van der Waals surface area contributed by atoms with Crippen molar-refractivity contribution in [2.24, 2.45) is 0 Å². The number of likely N-dealkylation sites (N-methyl/N-ethyl adjacent to an activating group) is 1. The molecule has 0 saturated carbocycles. The lowest BCUT2D eigenvalue weighted by Gasteiger charge is -2.25. The molecule has 3 rings (SSSR count). The van der Waals surface area contributed by atoms with Crippen LogP contribution in [-0.2, 0) is 10.0 Å². The van der Waals surface area contributed by atoms with Gasteiger partial charge in [-0.1, -0.05) is 18.2 Å². The van der Waals surface area contributed by atoms with Crippen LogP contribution in [0.4, 0.5) is 10.1 Å². The molecule has 0 unspecified atom stereocenters. The van der Waals surface area contributed by atoms with Gasteiger partial charge in [0.25, 0.3) is 15.9 Å². The first-order valence-electron chi connectivity index (χ1n) is 10.2. The van der Waals surface area contributed by atoms with Crippen molar-refractivity contribution in [1.82, 2.24) is 10.2 Å². The molecule has 2 N–H and O–H groups in total. The molecule has 0 aliphatic heterocycles. The summed E-state index contributed by atoms with van der Waals surface area (Å²) >= 11 is 0. The summed E-state index contributed by atoms with van der Waals surface area (Å²) in [6.07, 6.45) is 0. The second-order valence-corrected chi connectivity index (χ2v) is 9.29. The highest BCUT2D eigenvalue weighted by Crippen LogP contribution is 2.21. The molecule has 0 aliphatic rings. The summed E-state index contributed by atoms with van der Waals surface area (Å²) in [5.41, 5.74) is 1.43. The molecule has 0 saturated heterocycles. The molecular formula is C24H26FN3O4S. The van der Waals surface area contributed by atoms with Crippen molar-refractivity contribution in [1.29, 1.82) is 0 Å². The zero-order valence-corrected chi connectivity index (χ0v) is 19.4. The van der Waals surface area contributed by atoms with Crippen LogP contribution in [0, 0.1) is 5.82 Å². The van der Waals surface area contributed by atoms with Crippen molar-refractivity contribution in [3.05, 3.63) is 89.7 Å². The maximum absolute atomic E-state index is 13.1. The molecule has 0 spiro atoms. The number of anilines is 1. The Morgan fingerprint density at radius 2 is 1.70 bits per heavy atom. The molecule has 0 bridgehead atoms. The Labute approximate surface area is 193 Å². The smallest absolute Gasteiger partial charge is 0.261 e. The molecule has 0 heterocycles. The van der Waals surface area contributed by atoms with Crippen molar-refractivity contribution >= 4 is 21.6 Å². The van der Waals surface area contributed by atoms with E-state index in [-0.39, 0.29) is 22.2 Å². The molecule has 1 amide bonds. The van der Waals surface area contributed by atoms with E-state index in [0.29, 0.717) is 6.54 Å². The van der Waals surface area contributed by atoms with E-state index in [1.54, 1.807) is 13.2 Å². The SMILES string of the molecule is COc1ccc([C@@H](CNC(=O)c2cccc(S(=O)(=O)Nc3ccc(F)cc3)c2)N(C)C)cc1. The number of hydrogen-bond donors (Lipinski definition) is 2. The van der Waals surface area contributed by atoms with Crippen molar-refractivity contribution in [2.45, 2.75) is 10.9 Å². The first kappa shape index (κ1) is 24.2. The molecule has 9 heteroatoms. The Bertz CT molecular complexity index is 1200. The molecule has 0 aromatic heterocycles. The standard InChI is InChI=1S/C24H26FN3O4S/c1-28(2)23(17-7-13-21(32-3)14-8-17)16-26-24(29)18-5-4-6-22(15-18)33(30,31)27-20-11-9-19(25)10-12-20/h4-15,23,27H,16H2,1-3H3,(H,26,29)/t23-/m1/s1. The molecule has 33 heavy (non-hydrogen) atoms. The number of halogens is 1. The van der Waals surface area contributed by atoms with Crippen LogP contribution in [-0.4, -0.2) is 47.0 Å². The Kier molecular flexibility index (Phi) is 7.67. The van der Waals surface area contributed by atoms with Gasteiger partial charge in [0.2, 0.25) is 0 Å². The fourth-order valence-electron chi connectivity index (χ4n) is 3.25. The summed E-state index contributed by atoms with van der Waals surface area (Å²) in [7, 11) is 1.47. The molecule has 174 valence electrons. The first-order valence-corrected chi connectivity index (χ1v) is 11.6. The quantitative estimate of drug-likeness (QED) is 0.497. The van der Waals surface area contributed by atoms with Crippen LogP contribution in [0.1, 0.15) is 22.0 Å². The minimum absolute atomic E-state index is 0.0706. The summed E-state index contributed by atoms with van der Waals surface area (Å²) in [6.45, 7) is 0.322. The number of benzene rings is 3. The largest absolute Gasteiger partial charge is 0.497 e. The van der Waals surface area contributed by atoms with Gasteiger partial charge in [0, 0.05) is 17.8 Å². The molecule has 0 radical (unpaired) electrons. The maximum atomic E-state index is 13.1. The van der Waals surface area contributed by atoms with E-state index in [4.69, 9.17) is 4.74 Å². The van der Waals surface area contributed by atoms with Gasteiger partial charge in [0.15, 0.2) is 0 Å². The van der Waals surface area contributed by atoms with Crippen LogP contribution in [0.5, 0.6) is 5.75 Å². The molecule has 0 fully saturated rings. The maximum Gasteiger partial charge on any atom is 0.261 e. The van der Waals surface area contributed by atoms with Gasteiger partial charge in [-0.25, -0.2) is 12.8 Å². The lowest BCUT2D eigenvalue weighted by molar-refractivity contribution is 0.0941. The second-order valence-electron chi connectivity index (χ2n) is 7.60. The highest BCUT2D eigenvalue weighted by Gasteiger charge is 2.19. The average molecular weight is 472 g/mol. The van der Waals surface area contributed by atoms with Gasteiger partial charge >= 0.3 is 0 Å². The molecule has 0 aliphatic carbocycles. The zero-order valence-electron chi connectivity index (χ0n) is 18.6. The van der Waals surface area contributed by atoms with Crippen LogP contribution in [0.25, 0.3) is 0 Å². The number of sulfonamides is 1. The third-order valence-electron chi connectivity index (χ3n) is 5.08. The second kappa shape index (κ2) is 10.5. The number of amides is 1. The van der Waals surface area contributed by atoms with Gasteiger partial charge in [-0.05, 0) is 74.3 Å². The predicted octanol–water partition coefficient (Wildman–Crippen LogP) is 3.67. The summed E-state index contributed by atoms with van der Waals surface area (Å²) in [5.74, 6) is -0.121. The topological polar surface area (TPSA) is 87.7 Å². The fourth-order valence-corrected chi connectivity index (χ4v) is 4.36.